The van der Waals surface area contributed by atoms with Gasteiger partial charge in [-0.3, -0.25) is 0 Å². The number of carbonyl (C=O) groups is 1. The van der Waals surface area contributed by atoms with Crippen molar-refractivity contribution < 1.29 is 14.6 Å². The summed E-state index contributed by atoms with van der Waals surface area (Å²) in [5.74, 6) is -0.0724. The molecule has 0 spiro atoms. The summed E-state index contributed by atoms with van der Waals surface area (Å²) in [6.07, 6.45) is 0.842. The maximum Gasteiger partial charge on any atom is 0.335 e. The lowest BCUT2D eigenvalue weighted by Crippen LogP contribution is -2.06. The minimum Gasteiger partial charge on any atom is -0.497 e. The van der Waals surface area contributed by atoms with E-state index in [1.54, 1.807) is 25.3 Å². The maximum atomic E-state index is 10.9. The molecule has 104 valence electrons. The third kappa shape index (κ3) is 3.75. The molecule has 2 aromatic carbocycles. The number of ether oxygens (including phenoxy) is 1. The first-order valence-corrected chi connectivity index (χ1v) is 6.39. The number of nitrogens with one attached hydrogen (secondary N) is 1. The van der Waals surface area contributed by atoms with E-state index in [1.807, 2.05) is 30.3 Å². The van der Waals surface area contributed by atoms with Crippen LogP contribution in [0.5, 0.6) is 5.75 Å². The van der Waals surface area contributed by atoms with Crippen LogP contribution in [0.1, 0.15) is 15.9 Å². The number of anilines is 1. The minimum atomic E-state index is -0.915. The van der Waals surface area contributed by atoms with E-state index in [2.05, 4.69) is 5.32 Å². The lowest BCUT2D eigenvalue weighted by molar-refractivity contribution is 0.0697. The average molecular weight is 271 g/mol. The van der Waals surface area contributed by atoms with Crippen LogP contribution < -0.4 is 10.1 Å². The van der Waals surface area contributed by atoms with E-state index in [0.29, 0.717) is 0 Å². The Morgan fingerprint density at radius 3 is 2.75 bits per heavy atom. The van der Waals surface area contributed by atoms with Crippen LogP contribution >= 0.6 is 0 Å². The maximum absolute atomic E-state index is 10.9. The Balaban J connectivity index is 1.92. The highest BCUT2D eigenvalue weighted by Gasteiger charge is 2.02. The molecule has 4 heteroatoms. The lowest BCUT2D eigenvalue weighted by atomic mass is 10.1. The molecule has 0 aliphatic rings. The van der Waals surface area contributed by atoms with Gasteiger partial charge in [0.2, 0.25) is 0 Å². The van der Waals surface area contributed by atoms with Crippen molar-refractivity contribution in [3.63, 3.8) is 0 Å². The summed E-state index contributed by atoms with van der Waals surface area (Å²) in [5, 5.41) is 12.2. The predicted octanol–water partition coefficient (Wildman–Crippen LogP) is 3.05. The molecule has 0 fully saturated rings. The van der Waals surface area contributed by atoms with E-state index in [9.17, 15) is 4.79 Å². The van der Waals surface area contributed by atoms with Gasteiger partial charge < -0.3 is 15.2 Å². The molecule has 2 aromatic rings. The molecule has 0 atom stereocenters. The van der Waals surface area contributed by atoms with Gasteiger partial charge in [0.05, 0.1) is 12.7 Å². The molecule has 0 saturated carbocycles. The van der Waals surface area contributed by atoms with Crippen LogP contribution in [0.2, 0.25) is 0 Å². The number of hydrogen-bond donors (Lipinski definition) is 2. The first kappa shape index (κ1) is 13.9. The molecule has 0 heterocycles. The van der Waals surface area contributed by atoms with Crippen LogP contribution in [0.3, 0.4) is 0 Å². The second-order valence-electron chi connectivity index (χ2n) is 4.41. The zero-order valence-electron chi connectivity index (χ0n) is 11.3. The Bertz CT molecular complexity index is 596. The minimum absolute atomic E-state index is 0.288. The summed E-state index contributed by atoms with van der Waals surface area (Å²) in [4.78, 5) is 10.9. The van der Waals surface area contributed by atoms with Crippen LogP contribution in [0, 0.1) is 0 Å². The van der Waals surface area contributed by atoms with Crippen LogP contribution in [-0.4, -0.2) is 24.7 Å². The smallest absolute Gasteiger partial charge is 0.335 e. The van der Waals surface area contributed by atoms with Crippen LogP contribution in [0.25, 0.3) is 0 Å². The van der Waals surface area contributed by atoms with Crippen molar-refractivity contribution in [2.24, 2.45) is 0 Å². The summed E-state index contributed by atoms with van der Waals surface area (Å²) >= 11 is 0. The second kappa shape index (κ2) is 6.61. The van der Waals surface area contributed by atoms with Crippen molar-refractivity contribution in [2.75, 3.05) is 19.0 Å². The number of hydrogen-bond acceptors (Lipinski definition) is 3. The molecule has 0 aliphatic heterocycles. The summed E-state index contributed by atoms with van der Waals surface area (Å²) in [6.45, 7) is 0.732. The molecule has 20 heavy (non-hydrogen) atoms. The first-order valence-electron chi connectivity index (χ1n) is 6.39. The Morgan fingerprint density at radius 1 is 1.20 bits per heavy atom. The van der Waals surface area contributed by atoms with Crippen molar-refractivity contribution in [1.82, 2.24) is 0 Å². The summed E-state index contributed by atoms with van der Waals surface area (Å²) in [6, 6.07) is 14.7. The Labute approximate surface area is 118 Å². The normalized spacial score (nSPS) is 10.1. The summed E-state index contributed by atoms with van der Waals surface area (Å²) in [7, 11) is 1.65. The molecule has 4 nitrogen and oxygen atoms in total. The molecule has 0 saturated heterocycles. The van der Waals surface area contributed by atoms with Gasteiger partial charge in [0, 0.05) is 12.2 Å². The van der Waals surface area contributed by atoms with E-state index < -0.39 is 5.97 Å². The lowest BCUT2D eigenvalue weighted by Gasteiger charge is -2.08. The van der Waals surface area contributed by atoms with Crippen molar-refractivity contribution in [3.8, 4) is 5.75 Å². The summed E-state index contributed by atoms with van der Waals surface area (Å²) in [5.41, 5.74) is 2.27. The number of benzene rings is 2. The second-order valence-corrected chi connectivity index (χ2v) is 4.41. The molecular weight excluding hydrogens is 254 g/mol. The van der Waals surface area contributed by atoms with E-state index in [-0.39, 0.29) is 5.56 Å². The molecule has 0 aromatic heterocycles. The van der Waals surface area contributed by atoms with Crippen LogP contribution in [-0.2, 0) is 6.42 Å². The average Bonchev–Trinajstić information content (AvgIpc) is 2.48. The number of carboxylic acid groups (broad SMARTS) is 1. The van der Waals surface area contributed by atoms with Crippen molar-refractivity contribution >= 4 is 11.7 Å². The fourth-order valence-corrected chi connectivity index (χ4v) is 1.94. The van der Waals surface area contributed by atoms with Gasteiger partial charge in [0.15, 0.2) is 0 Å². The van der Waals surface area contributed by atoms with E-state index >= 15 is 0 Å². The zero-order valence-corrected chi connectivity index (χ0v) is 11.3. The number of carboxylic acids is 1. The third-order valence-electron chi connectivity index (χ3n) is 2.99. The molecular formula is C16H17NO3. The van der Waals surface area contributed by atoms with Gasteiger partial charge >= 0.3 is 5.97 Å². The molecule has 2 rings (SSSR count). The van der Waals surface area contributed by atoms with Gasteiger partial charge in [-0.25, -0.2) is 4.79 Å². The molecule has 0 unspecified atom stereocenters. The van der Waals surface area contributed by atoms with Gasteiger partial charge in [-0.1, -0.05) is 18.2 Å². The largest absolute Gasteiger partial charge is 0.497 e. The summed E-state index contributed by atoms with van der Waals surface area (Å²) < 4.78 is 5.18. The topological polar surface area (TPSA) is 58.6 Å². The highest BCUT2D eigenvalue weighted by molar-refractivity contribution is 5.88. The fraction of sp³-hybridized carbons (Fsp3) is 0.188. The van der Waals surface area contributed by atoms with Gasteiger partial charge in [0.1, 0.15) is 5.75 Å². The molecule has 0 bridgehead atoms. The van der Waals surface area contributed by atoms with Gasteiger partial charge in [-0.15, -0.1) is 0 Å². The highest BCUT2D eigenvalue weighted by Crippen LogP contribution is 2.14. The van der Waals surface area contributed by atoms with Gasteiger partial charge in [0.25, 0.3) is 0 Å². The fourth-order valence-electron chi connectivity index (χ4n) is 1.94. The first-order chi connectivity index (χ1) is 9.69. The van der Waals surface area contributed by atoms with Gasteiger partial charge in [-0.2, -0.15) is 0 Å². The molecule has 0 amide bonds. The quantitative estimate of drug-likeness (QED) is 0.847. The third-order valence-corrected chi connectivity index (χ3v) is 2.99. The Morgan fingerprint density at radius 2 is 2.00 bits per heavy atom. The monoisotopic (exact) mass is 271 g/mol. The number of rotatable bonds is 6. The van der Waals surface area contributed by atoms with Crippen molar-refractivity contribution in [3.05, 3.63) is 59.7 Å². The number of aromatic carboxylic acids is 1. The SMILES string of the molecule is COc1cccc(CCNc2cccc(C(=O)O)c2)c1. The van der Waals surface area contributed by atoms with Gasteiger partial charge in [-0.05, 0) is 42.3 Å². The van der Waals surface area contributed by atoms with E-state index in [0.717, 1.165) is 24.4 Å². The van der Waals surface area contributed by atoms with Crippen LogP contribution in [0.4, 0.5) is 5.69 Å². The van der Waals surface area contributed by atoms with E-state index in [1.165, 1.54) is 5.56 Å². The number of methoxy groups -OCH3 is 1. The molecule has 0 radical (unpaired) electrons. The van der Waals surface area contributed by atoms with Crippen molar-refractivity contribution in [2.45, 2.75) is 6.42 Å². The molecule has 0 aliphatic carbocycles. The molecule has 2 N–H and O–H groups in total. The standard InChI is InChI=1S/C16H17NO3/c1-20-15-7-2-4-12(10-15)8-9-17-14-6-3-5-13(11-14)16(18)19/h2-7,10-11,17H,8-9H2,1H3,(H,18,19). The van der Waals surface area contributed by atoms with Crippen molar-refractivity contribution in [1.29, 1.82) is 0 Å². The Kier molecular flexibility index (Phi) is 4.60. The predicted molar refractivity (Wildman–Crippen MR) is 78.6 cm³/mol. The van der Waals surface area contributed by atoms with E-state index in [4.69, 9.17) is 9.84 Å². The highest BCUT2D eigenvalue weighted by atomic mass is 16.5. The Hall–Kier alpha value is -2.49. The van der Waals surface area contributed by atoms with Crippen LogP contribution in [0.15, 0.2) is 48.5 Å². The zero-order chi connectivity index (χ0) is 14.4.